The van der Waals surface area contributed by atoms with Gasteiger partial charge in [-0.15, -0.1) is 5.11 Å². The van der Waals surface area contributed by atoms with Gasteiger partial charge in [0, 0.05) is 5.39 Å². The predicted molar refractivity (Wildman–Crippen MR) is 123 cm³/mol. The van der Waals surface area contributed by atoms with E-state index in [0.717, 1.165) is 40.7 Å². The summed E-state index contributed by atoms with van der Waals surface area (Å²) in [6.07, 6.45) is 8.29. The van der Waals surface area contributed by atoms with E-state index < -0.39 is 0 Å². The molecular weight excluding hydrogens is 356 g/mol. The monoisotopic (exact) mass is 388 g/mol. The van der Waals surface area contributed by atoms with Gasteiger partial charge < -0.3 is 4.74 Å². The summed E-state index contributed by atoms with van der Waals surface area (Å²) >= 11 is 0. The van der Waals surface area contributed by atoms with Gasteiger partial charge in [0.2, 0.25) is 0 Å². The summed E-state index contributed by atoms with van der Waals surface area (Å²) in [4.78, 5) is 0. The van der Waals surface area contributed by atoms with Crippen LogP contribution >= 0.6 is 0 Å². The van der Waals surface area contributed by atoms with E-state index in [4.69, 9.17) is 4.74 Å². The van der Waals surface area contributed by atoms with Crippen LogP contribution in [0.25, 0.3) is 10.8 Å². The second-order valence-electron chi connectivity index (χ2n) is 7.51. The molecule has 3 aromatic carbocycles. The van der Waals surface area contributed by atoms with Crippen molar-refractivity contribution in [1.29, 1.82) is 0 Å². The summed E-state index contributed by atoms with van der Waals surface area (Å²) in [5.41, 5.74) is 3.03. The topological polar surface area (TPSA) is 34.0 Å². The molecule has 0 unspecified atom stereocenters. The fraction of sp³-hybridized carbons (Fsp3) is 0.385. The maximum Gasteiger partial charge on any atom is 0.147 e. The smallest absolute Gasteiger partial charge is 0.147 e. The number of benzene rings is 3. The molecular formula is C26H32N2O. The average molecular weight is 389 g/mol. The van der Waals surface area contributed by atoms with Gasteiger partial charge in [0.05, 0.1) is 12.3 Å². The number of aryl methyl sites for hydroxylation is 1. The summed E-state index contributed by atoms with van der Waals surface area (Å²) in [5, 5.41) is 11.3. The van der Waals surface area contributed by atoms with E-state index in [1.165, 1.54) is 37.7 Å². The molecule has 0 N–H and O–H groups in total. The van der Waals surface area contributed by atoms with Gasteiger partial charge in [0.1, 0.15) is 11.4 Å². The van der Waals surface area contributed by atoms with Crippen molar-refractivity contribution >= 4 is 22.1 Å². The number of nitrogens with zero attached hydrogens (tertiary/aromatic N) is 2. The van der Waals surface area contributed by atoms with Crippen LogP contribution in [0.15, 0.2) is 70.9 Å². The van der Waals surface area contributed by atoms with Crippen molar-refractivity contribution in [3.05, 3.63) is 66.2 Å². The van der Waals surface area contributed by atoms with Gasteiger partial charge in [-0.2, -0.15) is 5.11 Å². The first-order chi connectivity index (χ1) is 14.3. The fourth-order valence-electron chi connectivity index (χ4n) is 3.38. The molecule has 0 heterocycles. The Morgan fingerprint density at radius 3 is 2.31 bits per heavy atom. The minimum Gasteiger partial charge on any atom is -0.491 e. The van der Waals surface area contributed by atoms with Crippen LogP contribution in [-0.2, 0) is 6.42 Å². The zero-order valence-electron chi connectivity index (χ0n) is 17.7. The molecule has 0 saturated carbocycles. The first-order valence-corrected chi connectivity index (χ1v) is 11.0. The molecule has 0 bridgehead atoms. The number of rotatable bonds is 11. The van der Waals surface area contributed by atoms with E-state index >= 15 is 0 Å². The third-order valence-electron chi connectivity index (χ3n) is 5.14. The van der Waals surface area contributed by atoms with Gasteiger partial charge >= 0.3 is 0 Å². The van der Waals surface area contributed by atoms with Crippen LogP contribution in [0, 0.1) is 0 Å². The molecule has 0 aromatic heterocycles. The molecule has 3 nitrogen and oxygen atoms in total. The highest BCUT2D eigenvalue weighted by molar-refractivity contribution is 5.95. The number of unbranched alkanes of at least 4 members (excludes halogenated alkanes) is 4. The highest BCUT2D eigenvalue weighted by Gasteiger charge is 2.09. The molecule has 3 aromatic rings. The third-order valence-corrected chi connectivity index (χ3v) is 5.14. The first kappa shape index (κ1) is 21.0. The van der Waals surface area contributed by atoms with E-state index in [1.54, 1.807) is 0 Å². The molecule has 0 radical (unpaired) electrons. The van der Waals surface area contributed by atoms with E-state index in [0.29, 0.717) is 6.61 Å². The molecule has 0 aliphatic carbocycles. The molecule has 3 heteroatoms. The van der Waals surface area contributed by atoms with Crippen molar-refractivity contribution in [2.24, 2.45) is 10.2 Å². The van der Waals surface area contributed by atoms with Gasteiger partial charge in [0.15, 0.2) is 0 Å². The second kappa shape index (κ2) is 11.4. The minimum atomic E-state index is 0.715. The zero-order valence-corrected chi connectivity index (χ0v) is 17.7. The van der Waals surface area contributed by atoms with Crippen molar-refractivity contribution in [3.63, 3.8) is 0 Å². The average Bonchev–Trinajstić information content (AvgIpc) is 2.77. The van der Waals surface area contributed by atoms with Gasteiger partial charge in [-0.1, -0.05) is 82.0 Å². The number of hydrogen-bond acceptors (Lipinski definition) is 3. The fourth-order valence-corrected chi connectivity index (χ4v) is 3.38. The van der Waals surface area contributed by atoms with Crippen LogP contribution in [0.1, 0.15) is 57.9 Å². The van der Waals surface area contributed by atoms with Crippen LogP contribution in [0.3, 0.4) is 0 Å². The lowest BCUT2D eigenvalue weighted by Gasteiger charge is -2.11. The highest BCUT2D eigenvalue weighted by Crippen LogP contribution is 2.37. The molecule has 29 heavy (non-hydrogen) atoms. The summed E-state index contributed by atoms with van der Waals surface area (Å²) < 4.78 is 6.09. The molecule has 0 fully saturated rings. The van der Waals surface area contributed by atoms with E-state index in [-0.39, 0.29) is 0 Å². The van der Waals surface area contributed by atoms with Crippen molar-refractivity contribution in [2.45, 2.75) is 58.8 Å². The summed E-state index contributed by atoms with van der Waals surface area (Å²) in [7, 11) is 0. The van der Waals surface area contributed by atoms with E-state index in [1.807, 2.05) is 30.3 Å². The molecule has 3 rings (SSSR count). The number of fused-ring (bicyclic) bond motifs is 1. The Labute approximate surface area is 174 Å². The molecule has 0 amide bonds. The quantitative estimate of drug-likeness (QED) is 0.239. The normalized spacial score (nSPS) is 11.4. The Bertz CT molecular complexity index is 916. The van der Waals surface area contributed by atoms with Crippen molar-refractivity contribution < 1.29 is 4.74 Å². The molecule has 152 valence electrons. The maximum atomic E-state index is 6.09. The number of hydrogen-bond donors (Lipinski definition) is 0. The first-order valence-electron chi connectivity index (χ1n) is 11.0. The van der Waals surface area contributed by atoms with Gasteiger partial charge in [-0.05, 0) is 48.4 Å². The van der Waals surface area contributed by atoms with Crippen molar-refractivity contribution in [3.8, 4) is 5.75 Å². The zero-order chi connectivity index (χ0) is 20.3. The SMILES string of the molecule is CCCCCCOc1ccc2ccccc2c1N=Nc1ccc(CCCC)cc1. The highest BCUT2D eigenvalue weighted by atomic mass is 16.5. The van der Waals surface area contributed by atoms with Crippen LogP contribution in [0.2, 0.25) is 0 Å². The largest absolute Gasteiger partial charge is 0.491 e. The Morgan fingerprint density at radius 1 is 0.724 bits per heavy atom. The summed E-state index contributed by atoms with van der Waals surface area (Å²) in [5.74, 6) is 0.809. The number of azo groups is 1. The summed E-state index contributed by atoms with van der Waals surface area (Å²) in [6.45, 7) is 5.15. The Balaban J connectivity index is 1.80. The Morgan fingerprint density at radius 2 is 1.52 bits per heavy atom. The lowest BCUT2D eigenvalue weighted by Crippen LogP contribution is -1.97. The van der Waals surface area contributed by atoms with Gasteiger partial charge in [0.25, 0.3) is 0 Å². The van der Waals surface area contributed by atoms with Crippen molar-refractivity contribution in [2.75, 3.05) is 6.61 Å². The van der Waals surface area contributed by atoms with Crippen LogP contribution in [0.4, 0.5) is 11.4 Å². The molecule has 0 atom stereocenters. The molecule has 0 saturated heterocycles. The summed E-state index contributed by atoms with van der Waals surface area (Å²) in [6, 6.07) is 20.8. The van der Waals surface area contributed by atoms with E-state index in [2.05, 4.69) is 54.4 Å². The lowest BCUT2D eigenvalue weighted by atomic mass is 10.1. The second-order valence-corrected chi connectivity index (χ2v) is 7.51. The minimum absolute atomic E-state index is 0.715. The van der Waals surface area contributed by atoms with E-state index in [9.17, 15) is 0 Å². The van der Waals surface area contributed by atoms with Crippen LogP contribution in [-0.4, -0.2) is 6.61 Å². The molecule has 0 spiro atoms. The van der Waals surface area contributed by atoms with Crippen molar-refractivity contribution in [1.82, 2.24) is 0 Å². The predicted octanol–water partition coefficient (Wildman–Crippen LogP) is 8.56. The van der Waals surface area contributed by atoms with Gasteiger partial charge in [-0.3, -0.25) is 0 Å². The van der Waals surface area contributed by atoms with Crippen LogP contribution < -0.4 is 4.74 Å². The van der Waals surface area contributed by atoms with Gasteiger partial charge in [-0.25, -0.2) is 0 Å². The lowest BCUT2D eigenvalue weighted by molar-refractivity contribution is 0.306. The standard InChI is InChI=1S/C26H32N2O/c1-3-5-7-10-20-29-25-19-16-22-12-8-9-13-24(22)26(25)28-27-23-17-14-21(15-18-23)11-6-4-2/h8-9,12-19H,3-7,10-11,20H2,1-2H3. The Hall–Kier alpha value is -2.68. The van der Waals surface area contributed by atoms with Crippen LogP contribution in [0.5, 0.6) is 5.75 Å². The Kier molecular flexibility index (Phi) is 8.24. The number of ether oxygens (including phenoxy) is 1. The maximum absolute atomic E-state index is 6.09. The molecule has 0 aliphatic heterocycles. The molecule has 0 aliphatic rings. The third kappa shape index (κ3) is 6.15.